The SMILES string of the molecule is Cc1cc(NC(=O)/C=C/c2ccco2)ccc1NC(=O)c1ccccc1. The number of carbonyl (C=O) groups excluding carboxylic acids is 2. The maximum atomic E-state index is 12.2. The van der Waals surface area contributed by atoms with Gasteiger partial charge >= 0.3 is 0 Å². The molecule has 0 unspecified atom stereocenters. The van der Waals surface area contributed by atoms with Gasteiger partial charge in [0.05, 0.1) is 6.26 Å². The highest BCUT2D eigenvalue weighted by Gasteiger charge is 2.08. The molecule has 0 bridgehead atoms. The van der Waals surface area contributed by atoms with Crippen molar-refractivity contribution in [3.63, 3.8) is 0 Å². The van der Waals surface area contributed by atoms with Gasteiger partial charge in [-0.05, 0) is 61.0 Å². The number of anilines is 2. The van der Waals surface area contributed by atoms with Gasteiger partial charge in [-0.25, -0.2) is 0 Å². The Hall–Kier alpha value is -3.60. The van der Waals surface area contributed by atoms with Crippen molar-refractivity contribution in [2.75, 3.05) is 10.6 Å². The second-order valence-electron chi connectivity index (χ2n) is 5.69. The smallest absolute Gasteiger partial charge is 0.255 e. The lowest BCUT2D eigenvalue weighted by Crippen LogP contribution is -2.13. The molecular weight excluding hydrogens is 328 g/mol. The molecule has 5 heteroatoms. The van der Waals surface area contributed by atoms with Crippen molar-refractivity contribution in [2.45, 2.75) is 6.92 Å². The van der Waals surface area contributed by atoms with Gasteiger partial charge in [-0.2, -0.15) is 0 Å². The molecule has 2 aromatic carbocycles. The first-order valence-electron chi connectivity index (χ1n) is 8.11. The molecule has 0 saturated heterocycles. The van der Waals surface area contributed by atoms with Crippen LogP contribution in [0, 0.1) is 6.92 Å². The minimum Gasteiger partial charge on any atom is -0.465 e. The number of furan rings is 1. The van der Waals surface area contributed by atoms with Crippen molar-refractivity contribution in [2.24, 2.45) is 0 Å². The first-order chi connectivity index (χ1) is 12.6. The molecule has 3 aromatic rings. The molecule has 2 amide bonds. The summed E-state index contributed by atoms with van der Waals surface area (Å²) >= 11 is 0. The third kappa shape index (κ3) is 4.48. The van der Waals surface area contributed by atoms with Gasteiger partial charge in [0, 0.05) is 23.0 Å². The summed E-state index contributed by atoms with van der Waals surface area (Å²) in [6.45, 7) is 1.87. The molecule has 1 aromatic heterocycles. The standard InChI is InChI=1S/C21H18N2O3/c1-15-14-17(22-20(24)12-10-18-8-5-13-26-18)9-11-19(15)23-21(25)16-6-3-2-4-7-16/h2-14H,1H3,(H,22,24)(H,23,25)/b12-10+. The molecule has 130 valence electrons. The minimum atomic E-state index is -0.262. The van der Waals surface area contributed by atoms with Crippen LogP contribution in [0.25, 0.3) is 6.08 Å². The molecule has 0 saturated carbocycles. The summed E-state index contributed by atoms with van der Waals surface area (Å²) in [5.41, 5.74) is 2.78. The van der Waals surface area contributed by atoms with E-state index in [0.717, 1.165) is 5.56 Å². The van der Waals surface area contributed by atoms with E-state index >= 15 is 0 Å². The van der Waals surface area contributed by atoms with Crippen molar-refractivity contribution in [3.8, 4) is 0 Å². The zero-order valence-corrected chi connectivity index (χ0v) is 14.2. The first kappa shape index (κ1) is 17.2. The van der Waals surface area contributed by atoms with E-state index in [1.165, 1.54) is 6.08 Å². The van der Waals surface area contributed by atoms with Crippen LogP contribution in [0.3, 0.4) is 0 Å². The third-order valence-electron chi connectivity index (χ3n) is 3.72. The van der Waals surface area contributed by atoms with Gasteiger partial charge in [-0.1, -0.05) is 18.2 Å². The average molecular weight is 346 g/mol. The Kier molecular flexibility index (Phi) is 5.29. The maximum absolute atomic E-state index is 12.2. The Labute approximate surface area is 151 Å². The number of carbonyl (C=O) groups is 2. The van der Waals surface area contributed by atoms with Gasteiger partial charge in [0.1, 0.15) is 5.76 Å². The Morgan fingerprint density at radius 1 is 0.962 bits per heavy atom. The monoisotopic (exact) mass is 346 g/mol. The Morgan fingerprint density at radius 3 is 2.46 bits per heavy atom. The molecule has 0 aliphatic rings. The summed E-state index contributed by atoms with van der Waals surface area (Å²) in [6, 6.07) is 17.8. The van der Waals surface area contributed by atoms with Crippen LogP contribution in [0.15, 0.2) is 77.4 Å². The molecule has 0 atom stereocenters. The average Bonchev–Trinajstić information content (AvgIpc) is 3.16. The number of amides is 2. The predicted molar refractivity (Wildman–Crippen MR) is 102 cm³/mol. The van der Waals surface area contributed by atoms with Gasteiger partial charge in [0.2, 0.25) is 5.91 Å². The van der Waals surface area contributed by atoms with E-state index in [4.69, 9.17) is 4.42 Å². The molecule has 0 fully saturated rings. The van der Waals surface area contributed by atoms with E-state index in [0.29, 0.717) is 22.7 Å². The minimum absolute atomic E-state index is 0.174. The highest BCUT2D eigenvalue weighted by atomic mass is 16.3. The maximum Gasteiger partial charge on any atom is 0.255 e. The van der Waals surface area contributed by atoms with Crippen molar-refractivity contribution in [1.82, 2.24) is 0 Å². The van der Waals surface area contributed by atoms with Gasteiger partial charge in [0.25, 0.3) is 5.91 Å². The molecule has 3 rings (SSSR count). The van der Waals surface area contributed by atoms with Gasteiger partial charge in [-0.15, -0.1) is 0 Å². The third-order valence-corrected chi connectivity index (χ3v) is 3.72. The second-order valence-corrected chi connectivity index (χ2v) is 5.69. The van der Waals surface area contributed by atoms with E-state index in [-0.39, 0.29) is 11.8 Å². The lowest BCUT2D eigenvalue weighted by molar-refractivity contribution is -0.111. The summed E-state index contributed by atoms with van der Waals surface area (Å²) in [6.07, 6.45) is 4.54. The summed E-state index contributed by atoms with van der Waals surface area (Å²) in [4.78, 5) is 24.2. The van der Waals surface area contributed by atoms with Crippen LogP contribution in [-0.4, -0.2) is 11.8 Å². The number of nitrogens with one attached hydrogen (secondary N) is 2. The highest BCUT2D eigenvalue weighted by Crippen LogP contribution is 2.20. The first-order valence-corrected chi connectivity index (χ1v) is 8.11. The largest absolute Gasteiger partial charge is 0.465 e. The number of benzene rings is 2. The summed E-state index contributed by atoms with van der Waals surface area (Å²) < 4.78 is 5.14. The summed E-state index contributed by atoms with van der Waals surface area (Å²) in [5, 5.41) is 5.65. The number of aryl methyl sites for hydroxylation is 1. The van der Waals surface area contributed by atoms with E-state index in [9.17, 15) is 9.59 Å². The quantitative estimate of drug-likeness (QED) is 0.669. The molecular formula is C21H18N2O3. The van der Waals surface area contributed by atoms with Crippen molar-refractivity contribution in [3.05, 3.63) is 89.9 Å². The summed E-state index contributed by atoms with van der Waals surface area (Å²) in [7, 11) is 0. The molecule has 0 aliphatic heterocycles. The second kappa shape index (κ2) is 7.98. The topological polar surface area (TPSA) is 71.3 Å². The predicted octanol–water partition coefficient (Wildman–Crippen LogP) is 4.49. The fourth-order valence-corrected chi connectivity index (χ4v) is 2.39. The number of rotatable bonds is 5. The lowest BCUT2D eigenvalue weighted by Gasteiger charge is -2.10. The van der Waals surface area contributed by atoms with Crippen molar-refractivity contribution in [1.29, 1.82) is 0 Å². The fraction of sp³-hybridized carbons (Fsp3) is 0.0476. The number of hydrogen-bond donors (Lipinski definition) is 2. The van der Waals surface area contributed by atoms with Crippen LogP contribution < -0.4 is 10.6 Å². The van der Waals surface area contributed by atoms with Gasteiger partial charge < -0.3 is 15.1 Å². The highest BCUT2D eigenvalue weighted by molar-refractivity contribution is 6.05. The van der Waals surface area contributed by atoms with Crippen LogP contribution in [0.5, 0.6) is 0 Å². The Bertz CT molecular complexity index is 929. The fourth-order valence-electron chi connectivity index (χ4n) is 2.39. The van der Waals surface area contributed by atoms with Crippen molar-refractivity contribution >= 4 is 29.3 Å². The number of hydrogen-bond acceptors (Lipinski definition) is 3. The summed E-state index contributed by atoms with van der Waals surface area (Å²) in [5.74, 6) is 0.170. The van der Waals surface area contributed by atoms with Gasteiger partial charge in [-0.3, -0.25) is 9.59 Å². The Balaban J connectivity index is 1.64. The zero-order valence-electron chi connectivity index (χ0n) is 14.2. The van der Waals surface area contributed by atoms with Crippen LogP contribution in [0.1, 0.15) is 21.7 Å². The molecule has 2 N–H and O–H groups in total. The molecule has 0 radical (unpaired) electrons. The van der Waals surface area contributed by atoms with E-state index in [1.54, 1.807) is 54.8 Å². The van der Waals surface area contributed by atoms with E-state index < -0.39 is 0 Å². The molecule has 5 nitrogen and oxygen atoms in total. The van der Waals surface area contributed by atoms with Crippen LogP contribution in [0.2, 0.25) is 0 Å². The van der Waals surface area contributed by atoms with E-state index in [2.05, 4.69) is 10.6 Å². The lowest BCUT2D eigenvalue weighted by atomic mass is 10.1. The Morgan fingerprint density at radius 2 is 1.77 bits per heavy atom. The molecule has 0 aliphatic carbocycles. The van der Waals surface area contributed by atoms with E-state index in [1.807, 2.05) is 25.1 Å². The van der Waals surface area contributed by atoms with Crippen molar-refractivity contribution < 1.29 is 14.0 Å². The molecule has 0 spiro atoms. The molecule has 1 heterocycles. The normalized spacial score (nSPS) is 10.7. The van der Waals surface area contributed by atoms with Crippen LogP contribution in [-0.2, 0) is 4.79 Å². The van der Waals surface area contributed by atoms with Crippen LogP contribution >= 0.6 is 0 Å². The van der Waals surface area contributed by atoms with Gasteiger partial charge in [0.15, 0.2) is 0 Å². The van der Waals surface area contributed by atoms with Crippen LogP contribution in [0.4, 0.5) is 11.4 Å². The zero-order chi connectivity index (χ0) is 18.4. The molecule has 26 heavy (non-hydrogen) atoms.